The molecule has 0 aliphatic heterocycles. The van der Waals surface area contributed by atoms with Gasteiger partial charge in [-0.3, -0.25) is 0 Å². The van der Waals surface area contributed by atoms with E-state index >= 15 is 0 Å². The van der Waals surface area contributed by atoms with Crippen LogP contribution in [0.4, 0.5) is 17.6 Å². The summed E-state index contributed by atoms with van der Waals surface area (Å²) >= 11 is 0. The van der Waals surface area contributed by atoms with Crippen molar-refractivity contribution >= 4 is 0 Å². The summed E-state index contributed by atoms with van der Waals surface area (Å²) in [4.78, 5) is 0. The average Bonchev–Trinajstić information content (AvgIpc) is 2.45. The van der Waals surface area contributed by atoms with Gasteiger partial charge >= 0.3 is 6.18 Å². The molecule has 0 unspecified atom stereocenters. The van der Waals surface area contributed by atoms with Crippen LogP contribution < -0.4 is 5.73 Å². The Kier molecular flexibility index (Phi) is 4.88. The van der Waals surface area contributed by atoms with Gasteiger partial charge in [0.15, 0.2) is 0 Å². The zero-order valence-electron chi connectivity index (χ0n) is 11.5. The quantitative estimate of drug-likeness (QED) is 0.835. The monoisotopic (exact) mass is 305 g/mol. The highest BCUT2D eigenvalue weighted by molar-refractivity contribution is 5.29. The Bertz CT molecular complexity index is 483. The van der Waals surface area contributed by atoms with E-state index in [9.17, 15) is 22.7 Å². The number of aliphatic hydroxyl groups is 1. The van der Waals surface area contributed by atoms with Crippen LogP contribution in [-0.2, 0) is 6.18 Å². The van der Waals surface area contributed by atoms with E-state index in [0.29, 0.717) is 6.07 Å². The summed E-state index contributed by atoms with van der Waals surface area (Å²) < 4.78 is 51.4. The highest BCUT2D eigenvalue weighted by atomic mass is 19.4. The molecule has 21 heavy (non-hydrogen) atoms. The summed E-state index contributed by atoms with van der Waals surface area (Å²) in [7, 11) is 0. The van der Waals surface area contributed by atoms with E-state index < -0.39 is 29.7 Å². The summed E-state index contributed by atoms with van der Waals surface area (Å²) in [6.07, 6.45) is -0.808. The van der Waals surface area contributed by atoms with E-state index in [4.69, 9.17) is 5.73 Å². The minimum absolute atomic E-state index is 0.0181. The van der Waals surface area contributed by atoms with E-state index in [1.165, 1.54) is 0 Å². The molecule has 118 valence electrons. The minimum Gasteiger partial charge on any atom is -0.391 e. The number of hydrogen-bond acceptors (Lipinski definition) is 2. The standard InChI is InChI=1S/C15H19F4NO/c16-12-8-10(15(17,18)19)6-7-11(12)13(20)14(21)9-4-2-1-3-5-9/h6-9,13-14,21H,1-5,20H2/t13-,14+/m0/s1. The van der Waals surface area contributed by atoms with Gasteiger partial charge in [-0.15, -0.1) is 0 Å². The molecule has 6 heteroatoms. The van der Waals surface area contributed by atoms with Crippen LogP contribution in [0.3, 0.4) is 0 Å². The van der Waals surface area contributed by atoms with Crippen LogP contribution in [0.2, 0.25) is 0 Å². The van der Waals surface area contributed by atoms with E-state index in [1.54, 1.807) is 0 Å². The normalized spacial score (nSPS) is 20.3. The van der Waals surface area contributed by atoms with Crippen LogP contribution >= 0.6 is 0 Å². The smallest absolute Gasteiger partial charge is 0.391 e. The highest BCUT2D eigenvalue weighted by Crippen LogP contribution is 2.34. The Morgan fingerprint density at radius 3 is 2.29 bits per heavy atom. The fourth-order valence-corrected chi connectivity index (χ4v) is 2.93. The predicted molar refractivity (Wildman–Crippen MR) is 70.9 cm³/mol. The molecule has 0 radical (unpaired) electrons. The van der Waals surface area contributed by atoms with Gasteiger partial charge in [0, 0.05) is 5.56 Å². The van der Waals surface area contributed by atoms with Crippen molar-refractivity contribution in [1.82, 2.24) is 0 Å². The van der Waals surface area contributed by atoms with Crippen molar-refractivity contribution in [3.05, 3.63) is 35.1 Å². The van der Waals surface area contributed by atoms with E-state index in [2.05, 4.69) is 0 Å². The molecular weight excluding hydrogens is 286 g/mol. The molecule has 0 bridgehead atoms. The number of benzene rings is 1. The maximum atomic E-state index is 13.9. The maximum Gasteiger partial charge on any atom is 0.416 e. The van der Waals surface area contributed by atoms with Gasteiger partial charge in [-0.25, -0.2) is 4.39 Å². The SMILES string of the molecule is N[C@@H](c1ccc(C(F)(F)F)cc1F)[C@H](O)C1CCCCC1. The molecule has 2 nitrogen and oxygen atoms in total. The first kappa shape index (κ1) is 16.2. The molecule has 2 rings (SSSR count). The Labute approximate surface area is 121 Å². The first-order chi connectivity index (χ1) is 9.80. The lowest BCUT2D eigenvalue weighted by Crippen LogP contribution is -2.34. The molecule has 1 aliphatic carbocycles. The lowest BCUT2D eigenvalue weighted by atomic mass is 9.81. The van der Waals surface area contributed by atoms with Gasteiger partial charge in [-0.1, -0.05) is 25.3 Å². The topological polar surface area (TPSA) is 46.2 Å². The second-order valence-corrected chi connectivity index (χ2v) is 5.65. The van der Waals surface area contributed by atoms with E-state index in [0.717, 1.165) is 44.2 Å². The third kappa shape index (κ3) is 3.74. The summed E-state index contributed by atoms with van der Waals surface area (Å²) in [5.41, 5.74) is 4.74. The van der Waals surface area contributed by atoms with Crippen LogP contribution in [0.1, 0.15) is 49.3 Å². The number of aliphatic hydroxyl groups excluding tert-OH is 1. The van der Waals surface area contributed by atoms with Gasteiger partial charge in [-0.05, 0) is 30.9 Å². The molecular formula is C15H19F4NO. The summed E-state index contributed by atoms with van der Waals surface area (Å²) in [6.45, 7) is 0. The van der Waals surface area contributed by atoms with E-state index in [-0.39, 0.29) is 11.5 Å². The molecule has 3 N–H and O–H groups in total. The summed E-state index contributed by atoms with van der Waals surface area (Å²) in [5, 5.41) is 10.2. The lowest BCUT2D eigenvalue weighted by Gasteiger charge is -2.30. The van der Waals surface area contributed by atoms with Crippen LogP contribution in [-0.4, -0.2) is 11.2 Å². The van der Waals surface area contributed by atoms with Crippen molar-refractivity contribution in [3.63, 3.8) is 0 Å². The van der Waals surface area contributed by atoms with Gasteiger partial charge in [0.25, 0.3) is 0 Å². The van der Waals surface area contributed by atoms with Crippen LogP contribution in [0.5, 0.6) is 0 Å². The van der Waals surface area contributed by atoms with Crippen molar-refractivity contribution in [1.29, 1.82) is 0 Å². The van der Waals surface area contributed by atoms with Crippen molar-refractivity contribution < 1.29 is 22.7 Å². The molecule has 1 aromatic rings. The minimum atomic E-state index is -4.59. The average molecular weight is 305 g/mol. The van der Waals surface area contributed by atoms with Crippen LogP contribution in [0.25, 0.3) is 0 Å². The molecule has 0 saturated heterocycles. The molecule has 1 aliphatic rings. The van der Waals surface area contributed by atoms with Crippen molar-refractivity contribution in [2.24, 2.45) is 11.7 Å². The fraction of sp³-hybridized carbons (Fsp3) is 0.600. The zero-order chi connectivity index (χ0) is 15.6. The Hall–Kier alpha value is -1.14. The molecule has 0 heterocycles. The molecule has 2 atom stereocenters. The Morgan fingerprint density at radius 1 is 1.14 bits per heavy atom. The number of halogens is 4. The van der Waals surface area contributed by atoms with Gasteiger partial charge in [0.05, 0.1) is 17.7 Å². The fourth-order valence-electron chi connectivity index (χ4n) is 2.93. The first-order valence-electron chi connectivity index (χ1n) is 7.11. The second-order valence-electron chi connectivity index (χ2n) is 5.65. The Balaban J connectivity index is 2.16. The molecule has 0 aromatic heterocycles. The third-order valence-corrected chi connectivity index (χ3v) is 4.19. The number of hydrogen-bond donors (Lipinski definition) is 2. The van der Waals surface area contributed by atoms with Gasteiger partial charge in [-0.2, -0.15) is 13.2 Å². The first-order valence-corrected chi connectivity index (χ1v) is 7.11. The molecule has 0 spiro atoms. The largest absolute Gasteiger partial charge is 0.416 e. The van der Waals surface area contributed by atoms with Crippen molar-refractivity contribution in [2.45, 2.75) is 50.4 Å². The summed E-state index contributed by atoms with van der Waals surface area (Å²) in [5.74, 6) is -1.04. The second kappa shape index (κ2) is 6.32. The number of nitrogens with two attached hydrogens (primary N) is 1. The van der Waals surface area contributed by atoms with Gasteiger partial charge < -0.3 is 10.8 Å². The van der Waals surface area contributed by atoms with Gasteiger partial charge in [0.1, 0.15) is 5.82 Å². The van der Waals surface area contributed by atoms with Crippen molar-refractivity contribution in [3.8, 4) is 0 Å². The molecule has 1 fully saturated rings. The predicted octanol–water partition coefficient (Wildman–Crippen LogP) is 3.79. The number of alkyl halides is 3. The molecule has 0 amide bonds. The summed E-state index contributed by atoms with van der Waals surface area (Å²) in [6, 6.07) is 1.25. The number of rotatable bonds is 3. The van der Waals surface area contributed by atoms with Crippen LogP contribution in [0, 0.1) is 11.7 Å². The van der Waals surface area contributed by atoms with Gasteiger partial charge in [0.2, 0.25) is 0 Å². The third-order valence-electron chi connectivity index (χ3n) is 4.19. The molecule has 1 saturated carbocycles. The molecule has 1 aromatic carbocycles. The van der Waals surface area contributed by atoms with E-state index in [1.807, 2.05) is 0 Å². The zero-order valence-corrected chi connectivity index (χ0v) is 11.5. The maximum absolute atomic E-state index is 13.9. The Morgan fingerprint density at radius 2 is 1.76 bits per heavy atom. The van der Waals surface area contributed by atoms with Crippen molar-refractivity contribution in [2.75, 3.05) is 0 Å². The lowest BCUT2D eigenvalue weighted by molar-refractivity contribution is -0.137. The van der Waals surface area contributed by atoms with Crippen LogP contribution in [0.15, 0.2) is 18.2 Å². The highest BCUT2D eigenvalue weighted by Gasteiger charge is 2.33.